The van der Waals surface area contributed by atoms with Crippen molar-refractivity contribution in [2.24, 2.45) is 0 Å². The molecule has 2 amide bonds. The molecule has 108 valence electrons. The first-order chi connectivity index (χ1) is 9.45. The van der Waals surface area contributed by atoms with Gasteiger partial charge in [0.2, 0.25) is 11.8 Å². The minimum absolute atomic E-state index is 0.0604. The molecular weight excluding hydrogens is 264 g/mol. The molecule has 1 aromatic rings. The first kappa shape index (κ1) is 15.6. The standard InChI is InChI=1S/C13H16N2O5/c1-9(17)14-8-12(18)15(6-7-16)11-4-2-10(3-5-11)13(19)20/h2-5,16H,6-8H2,1H3,(H,14,17)(H,19,20). The molecule has 0 saturated heterocycles. The van der Waals surface area contributed by atoms with Crippen molar-refractivity contribution in [1.29, 1.82) is 0 Å². The summed E-state index contributed by atoms with van der Waals surface area (Å²) in [6, 6.07) is 5.69. The van der Waals surface area contributed by atoms with Gasteiger partial charge >= 0.3 is 5.97 Å². The maximum Gasteiger partial charge on any atom is 0.335 e. The van der Waals surface area contributed by atoms with E-state index in [1.807, 2.05) is 0 Å². The second kappa shape index (κ2) is 7.25. The van der Waals surface area contributed by atoms with Crippen LogP contribution in [0.3, 0.4) is 0 Å². The molecule has 7 heteroatoms. The van der Waals surface area contributed by atoms with Crippen LogP contribution < -0.4 is 10.2 Å². The number of nitrogens with zero attached hydrogens (tertiary/aromatic N) is 1. The van der Waals surface area contributed by atoms with E-state index >= 15 is 0 Å². The van der Waals surface area contributed by atoms with E-state index < -0.39 is 11.9 Å². The van der Waals surface area contributed by atoms with Crippen molar-refractivity contribution in [2.45, 2.75) is 6.92 Å². The lowest BCUT2D eigenvalue weighted by molar-refractivity contribution is -0.123. The summed E-state index contributed by atoms with van der Waals surface area (Å²) in [5.74, 6) is -1.78. The summed E-state index contributed by atoms with van der Waals surface area (Å²) in [5, 5.41) is 20.2. The Bertz CT molecular complexity index is 498. The van der Waals surface area contributed by atoms with Crippen LogP contribution in [-0.4, -0.2) is 47.7 Å². The van der Waals surface area contributed by atoms with Crippen molar-refractivity contribution in [3.05, 3.63) is 29.8 Å². The number of carboxylic acid groups (broad SMARTS) is 1. The summed E-state index contributed by atoms with van der Waals surface area (Å²) < 4.78 is 0. The van der Waals surface area contributed by atoms with E-state index in [2.05, 4.69) is 5.32 Å². The molecular formula is C13H16N2O5. The van der Waals surface area contributed by atoms with Crippen molar-refractivity contribution in [3.63, 3.8) is 0 Å². The zero-order valence-electron chi connectivity index (χ0n) is 11.0. The Morgan fingerprint density at radius 1 is 1.20 bits per heavy atom. The van der Waals surface area contributed by atoms with Gasteiger partial charge in [0.1, 0.15) is 0 Å². The highest BCUT2D eigenvalue weighted by Crippen LogP contribution is 2.15. The van der Waals surface area contributed by atoms with Gasteiger partial charge in [0.15, 0.2) is 0 Å². The van der Waals surface area contributed by atoms with E-state index in [0.29, 0.717) is 5.69 Å². The van der Waals surface area contributed by atoms with Crippen molar-refractivity contribution in [1.82, 2.24) is 5.32 Å². The largest absolute Gasteiger partial charge is 0.478 e. The summed E-state index contributed by atoms with van der Waals surface area (Å²) in [6.07, 6.45) is 0. The van der Waals surface area contributed by atoms with Gasteiger partial charge in [-0.25, -0.2) is 4.79 Å². The molecule has 0 aliphatic rings. The van der Waals surface area contributed by atoms with Crippen LogP contribution in [0.25, 0.3) is 0 Å². The molecule has 0 aliphatic carbocycles. The summed E-state index contributed by atoms with van der Waals surface area (Å²) in [7, 11) is 0. The van der Waals surface area contributed by atoms with Gasteiger partial charge in [-0.05, 0) is 24.3 Å². The molecule has 0 saturated carbocycles. The van der Waals surface area contributed by atoms with Crippen molar-refractivity contribution in [2.75, 3.05) is 24.6 Å². The molecule has 0 aromatic heterocycles. The summed E-state index contributed by atoms with van der Waals surface area (Å²) in [5.41, 5.74) is 0.561. The van der Waals surface area contributed by atoms with E-state index in [1.54, 1.807) is 0 Å². The van der Waals surface area contributed by atoms with E-state index in [9.17, 15) is 14.4 Å². The van der Waals surface area contributed by atoms with Gasteiger partial charge in [-0.1, -0.05) is 0 Å². The topological polar surface area (TPSA) is 107 Å². The number of amides is 2. The first-order valence-corrected chi connectivity index (χ1v) is 5.94. The zero-order chi connectivity index (χ0) is 15.1. The van der Waals surface area contributed by atoms with Crippen molar-refractivity contribution < 1.29 is 24.6 Å². The number of hydrogen-bond acceptors (Lipinski definition) is 4. The number of benzene rings is 1. The third-order valence-electron chi connectivity index (χ3n) is 2.54. The monoisotopic (exact) mass is 280 g/mol. The fraction of sp³-hybridized carbons (Fsp3) is 0.308. The predicted molar refractivity (Wildman–Crippen MR) is 71.5 cm³/mol. The van der Waals surface area contributed by atoms with Crippen LogP contribution in [0.1, 0.15) is 17.3 Å². The van der Waals surface area contributed by atoms with Gasteiger partial charge in [0, 0.05) is 19.2 Å². The molecule has 0 heterocycles. The van der Waals surface area contributed by atoms with Crippen LogP contribution in [0.4, 0.5) is 5.69 Å². The average molecular weight is 280 g/mol. The molecule has 3 N–H and O–H groups in total. The first-order valence-electron chi connectivity index (χ1n) is 5.94. The van der Waals surface area contributed by atoms with Gasteiger partial charge in [0.05, 0.1) is 18.7 Å². The molecule has 0 bridgehead atoms. The number of aromatic carboxylic acids is 1. The summed E-state index contributed by atoms with van der Waals surface area (Å²) in [6.45, 7) is 0.929. The fourth-order valence-electron chi connectivity index (χ4n) is 1.58. The normalized spacial score (nSPS) is 9.90. The third kappa shape index (κ3) is 4.36. The average Bonchev–Trinajstić information content (AvgIpc) is 2.42. The number of carbonyl (C=O) groups excluding carboxylic acids is 2. The Hall–Kier alpha value is -2.41. The minimum atomic E-state index is -1.06. The minimum Gasteiger partial charge on any atom is -0.478 e. The number of anilines is 1. The van der Waals surface area contributed by atoms with Crippen LogP contribution in [0.15, 0.2) is 24.3 Å². The molecule has 0 radical (unpaired) electrons. The number of carboxylic acids is 1. The molecule has 0 atom stereocenters. The SMILES string of the molecule is CC(=O)NCC(=O)N(CCO)c1ccc(C(=O)O)cc1. The number of nitrogens with one attached hydrogen (secondary N) is 1. The maximum atomic E-state index is 11.9. The second-order valence-electron chi connectivity index (χ2n) is 4.03. The Balaban J connectivity index is 2.86. The molecule has 0 fully saturated rings. The quantitative estimate of drug-likeness (QED) is 0.671. The maximum absolute atomic E-state index is 11.9. The van der Waals surface area contributed by atoms with Gasteiger partial charge in [-0.15, -0.1) is 0 Å². The highest BCUT2D eigenvalue weighted by Gasteiger charge is 2.15. The lowest BCUT2D eigenvalue weighted by Gasteiger charge is -2.22. The van der Waals surface area contributed by atoms with Gasteiger partial charge < -0.3 is 20.4 Å². The Kier molecular flexibility index (Phi) is 5.67. The predicted octanol–water partition coefficient (Wildman–Crippen LogP) is -0.154. The number of rotatable bonds is 6. The van der Waals surface area contributed by atoms with Crippen LogP contribution in [0, 0.1) is 0 Å². The van der Waals surface area contributed by atoms with Gasteiger partial charge in [0.25, 0.3) is 0 Å². The molecule has 0 unspecified atom stereocenters. The van der Waals surface area contributed by atoms with E-state index in [-0.39, 0.29) is 31.2 Å². The number of hydrogen-bond donors (Lipinski definition) is 3. The van der Waals surface area contributed by atoms with Gasteiger partial charge in [-0.3, -0.25) is 9.59 Å². The van der Waals surface area contributed by atoms with Crippen LogP contribution in [0.5, 0.6) is 0 Å². The Morgan fingerprint density at radius 3 is 2.25 bits per heavy atom. The molecule has 1 aromatic carbocycles. The molecule has 20 heavy (non-hydrogen) atoms. The van der Waals surface area contributed by atoms with E-state index in [4.69, 9.17) is 10.2 Å². The number of aliphatic hydroxyl groups is 1. The fourth-order valence-corrected chi connectivity index (χ4v) is 1.58. The van der Waals surface area contributed by atoms with Crippen LogP contribution in [0.2, 0.25) is 0 Å². The number of aliphatic hydroxyl groups excluding tert-OH is 1. The van der Waals surface area contributed by atoms with Gasteiger partial charge in [-0.2, -0.15) is 0 Å². The van der Waals surface area contributed by atoms with Crippen LogP contribution >= 0.6 is 0 Å². The van der Waals surface area contributed by atoms with E-state index in [0.717, 1.165) is 0 Å². The number of carbonyl (C=O) groups is 3. The Labute approximate surface area is 115 Å². The molecule has 0 aliphatic heterocycles. The van der Waals surface area contributed by atoms with Crippen LogP contribution in [-0.2, 0) is 9.59 Å². The van der Waals surface area contributed by atoms with Crippen molar-refractivity contribution in [3.8, 4) is 0 Å². The lowest BCUT2D eigenvalue weighted by atomic mass is 10.2. The third-order valence-corrected chi connectivity index (χ3v) is 2.54. The lowest BCUT2D eigenvalue weighted by Crippen LogP contribution is -2.41. The second-order valence-corrected chi connectivity index (χ2v) is 4.03. The van der Waals surface area contributed by atoms with E-state index in [1.165, 1.54) is 36.1 Å². The summed E-state index contributed by atoms with van der Waals surface area (Å²) >= 11 is 0. The smallest absolute Gasteiger partial charge is 0.335 e. The molecule has 0 spiro atoms. The zero-order valence-corrected chi connectivity index (χ0v) is 11.0. The van der Waals surface area contributed by atoms with Crippen molar-refractivity contribution >= 4 is 23.5 Å². The highest BCUT2D eigenvalue weighted by atomic mass is 16.4. The summed E-state index contributed by atoms with van der Waals surface area (Å²) in [4.78, 5) is 34.8. The Morgan fingerprint density at radius 2 is 1.80 bits per heavy atom. The molecule has 1 rings (SSSR count). The molecule has 7 nitrogen and oxygen atoms in total. The highest BCUT2D eigenvalue weighted by molar-refractivity contribution is 5.97.